The molecule has 8 nitrogen and oxygen atoms in total. The molecule has 0 fully saturated rings. The molecular weight excluding hydrogens is 288 g/mol. The van der Waals surface area contributed by atoms with Gasteiger partial charge in [-0.15, -0.1) is 0 Å². The second-order valence-electron chi connectivity index (χ2n) is 4.58. The van der Waals surface area contributed by atoms with Gasteiger partial charge in [-0.25, -0.2) is 9.78 Å². The molecule has 0 saturated heterocycles. The second kappa shape index (κ2) is 6.53. The number of benzene rings is 1. The van der Waals surface area contributed by atoms with Crippen molar-refractivity contribution >= 4 is 23.3 Å². The Balaban J connectivity index is 2.04. The van der Waals surface area contributed by atoms with Gasteiger partial charge >= 0.3 is 6.09 Å². The lowest BCUT2D eigenvalue weighted by Gasteiger charge is -2.12. The summed E-state index contributed by atoms with van der Waals surface area (Å²) in [5, 5.41) is 24.6. The topological polar surface area (TPSA) is 117 Å². The fourth-order valence-electron chi connectivity index (χ4n) is 1.84. The Bertz CT molecular complexity index is 670. The largest absolute Gasteiger partial charge is 0.465 e. The summed E-state index contributed by atoms with van der Waals surface area (Å²) in [7, 11) is 0. The molecule has 1 aromatic carbocycles. The van der Waals surface area contributed by atoms with E-state index in [1.165, 1.54) is 18.3 Å². The number of nitrogens with zero attached hydrogens (tertiary/aromatic N) is 2. The van der Waals surface area contributed by atoms with Crippen LogP contribution in [0.5, 0.6) is 0 Å². The summed E-state index contributed by atoms with van der Waals surface area (Å²) in [5.74, 6) is 0.482. The molecule has 0 aliphatic rings. The zero-order valence-electron chi connectivity index (χ0n) is 11.7. The average Bonchev–Trinajstić information content (AvgIpc) is 2.48. The average molecular weight is 302 g/mol. The van der Waals surface area contributed by atoms with Gasteiger partial charge in [0.25, 0.3) is 5.69 Å². The minimum atomic E-state index is -1.08. The Kier molecular flexibility index (Phi) is 4.52. The smallest absolute Gasteiger partial charge is 0.405 e. The Morgan fingerprint density at radius 2 is 1.95 bits per heavy atom. The van der Waals surface area contributed by atoms with Crippen LogP contribution in [0.2, 0.25) is 0 Å². The molecule has 0 bridgehead atoms. The number of hydrogen-bond donors (Lipinski definition) is 3. The predicted octanol–water partition coefficient (Wildman–Crippen LogP) is 3.06. The summed E-state index contributed by atoms with van der Waals surface area (Å²) in [6, 6.07) is 9.69. The quantitative estimate of drug-likeness (QED) is 0.577. The minimum absolute atomic E-state index is 0.0746. The molecule has 0 aliphatic carbocycles. The summed E-state index contributed by atoms with van der Waals surface area (Å²) in [6.07, 6.45) is 0.0972. The van der Waals surface area contributed by atoms with Crippen molar-refractivity contribution in [1.29, 1.82) is 0 Å². The maximum atomic E-state index is 10.6. The van der Waals surface area contributed by atoms with Gasteiger partial charge in [0.15, 0.2) is 0 Å². The number of carbonyl (C=O) groups is 1. The van der Waals surface area contributed by atoms with Crippen LogP contribution in [-0.4, -0.2) is 21.1 Å². The van der Waals surface area contributed by atoms with Crippen molar-refractivity contribution in [2.45, 2.75) is 13.0 Å². The Morgan fingerprint density at radius 1 is 1.27 bits per heavy atom. The first-order valence-corrected chi connectivity index (χ1v) is 6.42. The number of pyridine rings is 1. The van der Waals surface area contributed by atoms with Gasteiger partial charge in [-0.1, -0.05) is 12.1 Å². The molecule has 0 saturated carbocycles. The zero-order valence-corrected chi connectivity index (χ0v) is 11.7. The molecule has 2 aromatic rings. The Hall–Kier alpha value is -3.16. The highest BCUT2D eigenvalue weighted by Crippen LogP contribution is 2.20. The van der Waals surface area contributed by atoms with E-state index >= 15 is 0 Å². The Labute approximate surface area is 126 Å². The first-order valence-electron chi connectivity index (χ1n) is 6.42. The van der Waals surface area contributed by atoms with Crippen molar-refractivity contribution in [2.75, 3.05) is 5.32 Å². The fourth-order valence-corrected chi connectivity index (χ4v) is 1.84. The molecule has 1 heterocycles. The zero-order chi connectivity index (χ0) is 16.1. The van der Waals surface area contributed by atoms with Gasteiger partial charge in [0.1, 0.15) is 12.0 Å². The molecule has 0 unspecified atom stereocenters. The number of rotatable bonds is 5. The second-order valence-corrected chi connectivity index (χ2v) is 4.58. The van der Waals surface area contributed by atoms with E-state index in [2.05, 4.69) is 15.6 Å². The van der Waals surface area contributed by atoms with E-state index in [1.54, 1.807) is 31.2 Å². The third kappa shape index (κ3) is 3.92. The monoisotopic (exact) mass is 302 g/mol. The van der Waals surface area contributed by atoms with Crippen LogP contribution in [0.25, 0.3) is 0 Å². The number of carboxylic acid groups (broad SMARTS) is 1. The highest BCUT2D eigenvalue weighted by atomic mass is 16.6. The molecule has 0 spiro atoms. The standard InChI is InChI=1S/C14H14N4O4/c1-9(16-14(19)20)10-2-4-11(5-3-10)17-13-7-6-12(8-15-13)18(21)22/h2-9,16H,1H3,(H,15,17)(H,19,20)/t9-/m0/s1. The lowest BCUT2D eigenvalue weighted by molar-refractivity contribution is -0.385. The molecule has 8 heteroatoms. The number of nitrogens with one attached hydrogen (secondary N) is 2. The number of hydrogen-bond acceptors (Lipinski definition) is 5. The number of nitro groups is 1. The van der Waals surface area contributed by atoms with Gasteiger partial charge in [-0.05, 0) is 30.7 Å². The van der Waals surface area contributed by atoms with E-state index < -0.39 is 11.0 Å². The van der Waals surface area contributed by atoms with Crippen LogP contribution in [0.1, 0.15) is 18.5 Å². The molecule has 0 radical (unpaired) electrons. The summed E-state index contributed by atoms with van der Waals surface area (Å²) in [4.78, 5) is 24.6. The number of aromatic nitrogens is 1. The normalized spacial score (nSPS) is 11.5. The van der Waals surface area contributed by atoms with Gasteiger partial charge in [0, 0.05) is 11.8 Å². The van der Waals surface area contributed by atoms with Crippen molar-refractivity contribution in [3.05, 3.63) is 58.3 Å². The van der Waals surface area contributed by atoms with Crippen LogP contribution in [-0.2, 0) is 0 Å². The summed E-state index contributed by atoms with van der Waals surface area (Å²) < 4.78 is 0. The highest BCUT2D eigenvalue weighted by Gasteiger charge is 2.08. The van der Waals surface area contributed by atoms with E-state index in [-0.39, 0.29) is 11.7 Å². The molecule has 1 aromatic heterocycles. The van der Waals surface area contributed by atoms with Gasteiger partial charge in [-0.2, -0.15) is 0 Å². The van der Waals surface area contributed by atoms with Crippen molar-refractivity contribution in [3.63, 3.8) is 0 Å². The van der Waals surface area contributed by atoms with E-state index in [0.717, 1.165) is 11.3 Å². The maximum Gasteiger partial charge on any atom is 0.405 e. The van der Waals surface area contributed by atoms with E-state index in [0.29, 0.717) is 5.82 Å². The van der Waals surface area contributed by atoms with E-state index in [9.17, 15) is 14.9 Å². The van der Waals surface area contributed by atoms with Crippen molar-refractivity contribution in [3.8, 4) is 0 Å². The van der Waals surface area contributed by atoms with Gasteiger partial charge in [0.05, 0.1) is 11.0 Å². The first kappa shape index (κ1) is 15.2. The number of amides is 1. The van der Waals surface area contributed by atoms with Gasteiger partial charge in [-0.3, -0.25) is 10.1 Å². The van der Waals surface area contributed by atoms with Crippen LogP contribution < -0.4 is 10.6 Å². The maximum absolute atomic E-state index is 10.6. The molecule has 1 amide bonds. The van der Waals surface area contributed by atoms with E-state index in [1.807, 2.05) is 0 Å². The lowest BCUT2D eigenvalue weighted by atomic mass is 10.1. The van der Waals surface area contributed by atoms with Crippen molar-refractivity contribution in [2.24, 2.45) is 0 Å². The molecule has 2 rings (SSSR count). The molecule has 0 aliphatic heterocycles. The molecule has 3 N–H and O–H groups in total. The van der Waals surface area contributed by atoms with E-state index in [4.69, 9.17) is 5.11 Å². The lowest BCUT2D eigenvalue weighted by Crippen LogP contribution is -2.24. The third-order valence-corrected chi connectivity index (χ3v) is 2.98. The van der Waals surface area contributed by atoms with Crippen LogP contribution in [0.3, 0.4) is 0 Å². The molecular formula is C14H14N4O4. The molecule has 1 atom stereocenters. The number of anilines is 2. The van der Waals surface area contributed by atoms with Crippen molar-refractivity contribution < 1.29 is 14.8 Å². The fraction of sp³-hybridized carbons (Fsp3) is 0.143. The van der Waals surface area contributed by atoms with Crippen LogP contribution in [0.15, 0.2) is 42.6 Å². The summed E-state index contributed by atoms with van der Waals surface area (Å²) in [6.45, 7) is 1.74. The van der Waals surface area contributed by atoms with Gasteiger partial charge in [0.2, 0.25) is 0 Å². The highest BCUT2D eigenvalue weighted by molar-refractivity contribution is 5.65. The molecule has 22 heavy (non-hydrogen) atoms. The first-order chi connectivity index (χ1) is 10.5. The van der Waals surface area contributed by atoms with Gasteiger partial charge < -0.3 is 15.7 Å². The molecule has 114 valence electrons. The summed E-state index contributed by atoms with van der Waals surface area (Å²) in [5.41, 5.74) is 1.49. The van der Waals surface area contributed by atoms with Crippen LogP contribution in [0.4, 0.5) is 22.0 Å². The SMILES string of the molecule is C[C@H](NC(=O)O)c1ccc(Nc2ccc([N+](=O)[O-])cn2)cc1. The van der Waals surface area contributed by atoms with Crippen molar-refractivity contribution in [1.82, 2.24) is 10.3 Å². The minimum Gasteiger partial charge on any atom is -0.465 e. The Morgan fingerprint density at radius 3 is 2.45 bits per heavy atom. The summed E-state index contributed by atoms with van der Waals surface area (Å²) >= 11 is 0. The predicted molar refractivity (Wildman–Crippen MR) is 80.2 cm³/mol. The van der Waals surface area contributed by atoms with Crippen LogP contribution in [0, 0.1) is 10.1 Å². The van der Waals surface area contributed by atoms with Crippen LogP contribution >= 0.6 is 0 Å². The third-order valence-electron chi connectivity index (χ3n) is 2.98.